The molecule has 1 rings (SSSR count). The Kier molecular flexibility index (Phi) is 9.73. The molecule has 120 valence electrons. The van der Waals surface area contributed by atoms with Crippen LogP contribution in [0.1, 0.15) is 32.6 Å². The van der Waals surface area contributed by atoms with Gasteiger partial charge in [0.25, 0.3) is 0 Å². The van der Waals surface area contributed by atoms with Crippen LogP contribution in [0.25, 0.3) is 0 Å². The summed E-state index contributed by atoms with van der Waals surface area (Å²) in [7, 11) is -1.47. The number of sulfonamides is 1. The molecule has 1 aliphatic rings. The fourth-order valence-electron chi connectivity index (χ4n) is 1.84. The summed E-state index contributed by atoms with van der Waals surface area (Å²) in [6.07, 6.45) is 4.55. The number of nitrogens with zero attached hydrogens (tertiary/aromatic N) is 2. The Hall–Kier alpha value is -0.0900. The van der Waals surface area contributed by atoms with Crippen molar-refractivity contribution in [3.8, 4) is 0 Å². The molecule has 3 N–H and O–H groups in total. The zero-order valence-corrected chi connectivity index (χ0v) is 15.5. The molecule has 0 spiro atoms. The van der Waals surface area contributed by atoms with Gasteiger partial charge in [-0.25, -0.2) is 12.7 Å². The van der Waals surface area contributed by atoms with E-state index < -0.39 is 10.0 Å². The van der Waals surface area contributed by atoms with Gasteiger partial charge in [-0.1, -0.05) is 6.42 Å². The van der Waals surface area contributed by atoms with Gasteiger partial charge in [0.1, 0.15) is 0 Å². The fraction of sp³-hybridized carbons (Fsp3) is 0.917. The van der Waals surface area contributed by atoms with Crippen LogP contribution < -0.4 is 11.1 Å². The van der Waals surface area contributed by atoms with Gasteiger partial charge in [0, 0.05) is 26.7 Å². The van der Waals surface area contributed by atoms with Crippen molar-refractivity contribution < 1.29 is 8.42 Å². The smallest absolute Gasteiger partial charge is 0.213 e. The lowest BCUT2D eigenvalue weighted by molar-refractivity contribution is 0.326. The summed E-state index contributed by atoms with van der Waals surface area (Å²) in [4.78, 5) is 4.28. The number of nitrogens with two attached hydrogens (primary N) is 1. The van der Waals surface area contributed by atoms with Gasteiger partial charge in [-0.3, -0.25) is 4.99 Å². The first-order chi connectivity index (χ1) is 8.95. The second-order valence-electron chi connectivity index (χ2n) is 5.03. The standard InChI is InChI=1S/C12H26N4O2S.HI/c1-3-19(17,18)16(2)9-5-8-14-12(13)15-10-11-6-4-7-11;/h11H,3-10H2,1-2H3,(H3,13,14,15);1H. The monoisotopic (exact) mass is 418 g/mol. The molecular weight excluding hydrogens is 391 g/mol. The number of guanidine groups is 1. The molecule has 0 atom stereocenters. The topological polar surface area (TPSA) is 87.8 Å². The van der Waals surface area contributed by atoms with Crippen LogP contribution in [0.5, 0.6) is 0 Å². The van der Waals surface area contributed by atoms with Crippen LogP contribution in [-0.2, 0) is 10.0 Å². The predicted molar refractivity (Wildman–Crippen MR) is 94.0 cm³/mol. The third-order valence-electron chi connectivity index (χ3n) is 3.54. The lowest BCUT2D eigenvalue weighted by Gasteiger charge is -2.23. The van der Waals surface area contributed by atoms with Crippen molar-refractivity contribution in [2.75, 3.05) is 32.4 Å². The molecule has 0 bridgehead atoms. The van der Waals surface area contributed by atoms with Crippen LogP contribution in [0.3, 0.4) is 0 Å². The summed E-state index contributed by atoms with van der Waals surface area (Å²) in [5, 5.41) is 3.02. The Balaban J connectivity index is 0.00000361. The zero-order chi connectivity index (χ0) is 14.3. The first kappa shape index (κ1) is 19.9. The van der Waals surface area contributed by atoms with E-state index in [1.165, 1.54) is 23.6 Å². The van der Waals surface area contributed by atoms with Crippen molar-refractivity contribution in [2.24, 2.45) is 16.6 Å². The number of hydrogen-bond donors (Lipinski definition) is 2. The van der Waals surface area contributed by atoms with Crippen molar-refractivity contribution in [2.45, 2.75) is 32.6 Å². The molecule has 0 aromatic carbocycles. The summed E-state index contributed by atoms with van der Waals surface area (Å²) in [5.74, 6) is 1.32. The molecule has 0 radical (unpaired) electrons. The zero-order valence-electron chi connectivity index (χ0n) is 12.3. The molecule has 1 aliphatic carbocycles. The van der Waals surface area contributed by atoms with E-state index in [9.17, 15) is 8.42 Å². The van der Waals surface area contributed by atoms with Crippen LogP contribution in [0.4, 0.5) is 0 Å². The van der Waals surface area contributed by atoms with Crippen molar-refractivity contribution in [1.82, 2.24) is 9.62 Å². The molecule has 8 heteroatoms. The number of aliphatic imine (C=N–C) groups is 1. The highest BCUT2D eigenvalue weighted by atomic mass is 127. The van der Waals surface area contributed by atoms with Gasteiger partial charge in [-0.05, 0) is 32.1 Å². The maximum Gasteiger partial charge on any atom is 0.213 e. The van der Waals surface area contributed by atoms with E-state index in [0.29, 0.717) is 25.0 Å². The first-order valence-electron chi connectivity index (χ1n) is 6.93. The maximum absolute atomic E-state index is 11.5. The summed E-state index contributed by atoms with van der Waals surface area (Å²) in [6.45, 7) is 3.60. The molecule has 0 aromatic heterocycles. The van der Waals surface area contributed by atoms with Crippen LogP contribution in [0.15, 0.2) is 4.99 Å². The van der Waals surface area contributed by atoms with Gasteiger partial charge >= 0.3 is 0 Å². The van der Waals surface area contributed by atoms with Crippen LogP contribution >= 0.6 is 24.0 Å². The molecule has 0 unspecified atom stereocenters. The molecule has 20 heavy (non-hydrogen) atoms. The van der Waals surface area contributed by atoms with Crippen molar-refractivity contribution >= 4 is 40.0 Å². The average Bonchev–Trinajstić information content (AvgIpc) is 2.32. The molecule has 0 saturated heterocycles. The van der Waals surface area contributed by atoms with E-state index in [4.69, 9.17) is 5.73 Å². The van der Waals surface area contributed by atoms with Crippen LogP contribution in [0.2, 0.25) is 0 Å². The van der Waals surface area contributed by atoms with E-state index in [1.807, 2.05) is 0 Å². The quantitative estimate of drug-likeness (QED) is 0.266. The number of hydrogen-bond acceptors (Lipinski definition) is 3. The molecule has 0 aromatic rings. The van der Waals surface area contributed by atoms with Crippen molar-refractivity contribution in [3.63, 3.8) is 0 Å². The van der Waals surface area contributed by atoms with Crippen LogP contribution in [0, 0.1) is 5.92 Å². The second kappa shape index (κ2) is 9.78. The van der Waals surface area contributed by atoms with E-state index in [-0.39, 0.29) is 29.7 Å². The Morgan fingerprint density at radius 3 is 2.60 bits per heavy atom. The van der Waals surface area contributed by atoms with Crippen molar-refractivity contribution in [1.29, 1.82) is 0 Å². The van der Waals surface area contributed by atoms with Crippen molar-refractivity contribution in [3.05, 3.63) is 0 Å². The van der Waals surface area contributed by atoms with E-state index >= 15 is 0 Å². The predicted octanol–water partition coefficient (Wildman–Crippen LogP) is 0.980. The van der Waals surface area contributed by atoms with E-state index in [2.05, 4.69) is 10.3 Å². The summed E-state index contributed by atoms with van der Waals surface area (Å²) >= 11 is 0. The largest absolute Gasteiger partial charge is 0.370 e. The van der Waals surface area contributed by atoms with Gasteiger partial charge in [0.2, 0.25) is 10.0 Å². The lowest BCUT2D eigenvalue weighted by atomic mass is 9.86. The van der Waals surface area contributed by atoms with E-state index in [1.54, 1.807) is 14.0 Å². The molecular formula is C12H27IN4O2S. The van der Waals surface area contributed by atoms with Gasteiger partial charge in [0.05, 0.1) is 5.75 Å². The van der Waals surface area contributed by atoms with Gasteiger partial charge in [-0.15, -0.1) is 24.0 Å². The summed E-state index contributed by atoms with van der Waals surface area (Å²) in [6, 6.07) is 0. The van der Waals surface area contributed by atoms with Gasteiger partial charge < -0.3 is 11.1 Å². The Morgan fingerprint density at radius 1 is 1.45 bits per heavy atom. The number of nitrogens with one attached hydrogen (secondary N) is 1. The third kappa shape index (κ3) is 7.07. The summed E-state index contributed by atoms with van der Waals surface area (Å²) < 4.78 is 24.4. The third-order valence-corrected chi connectivity index (χ3v) is 5.40. The molecule has 0 amide bonds. The average molecular weight is 418 g/mol. The minimum Gasteiger partial charge on any atom is -0.370 e. The van der Waals surface area contributed by atoms with Gasteiger partial charge in [-0.2, -0.15) is 0 Å². The normalized spacial score (nSPS) is 16.6. The Labute approximate surface area is 139 Å². The number of halogens is 1. The minimum absolute atomic E-state index is 0. The molecule has 6 nitrogen and oxygen atoms in total. The fourth-order valence-corrected chi connectivity index (χ4v) is 2.68. The van der Waals surface area contributed by atoms with Crippen LogP contribution in [-0.4, -0.2) is 51.1 Å². The molecule has 0 aliphatic heterocycles. The highest BCUT2D eigenvalue weighted by Gasteiger charge is 2.16. The molecule has 1 fully saturated rings. The van der Waals surface area contributed by atoms with E-state index in [0.717, 1.165) is 13.0 Å². The molecule has 1 saturated carbocycles. The number of rotatable bonds is 8. The highest BCUT2D eigenvalue weighted by molar-refractivity contribution is 14.0. The first-order valence-corrected chi connectivity index (χ1v) is 8.54. The Bertz CT molecular complexity index is 396. The minimum atomic E-state index is -3.07. The maximum atomic E-state index is 11.5. The summed E-state index contributed by atoms with van der Waals surface area (Å²) in [5.41, 5.74) is 5.74. The lowest BCUT2D eigenvalue weighted by Crippen LogP contribution is -2.36. The SMILES string of the molecule is CCS(=O)(=O)N(C)CCCNC(N)=NCC1CCC1.I. The molecule has 0 heterocycles. The highest BCUT2D eigenvalue weighted by Crippen LogP contribution is 2.26. The van der Waals surface area contributed by atoms with Gasteiger partial charge in [0.15, 0.2) is 5.96 Å². The Morgan fingerprint density at radius 2 is 2.10 bits per heavy atom. The second-order valence-corrected chi connectivity index (χ2v) is 7.39.